The van der Waals surface area contributed by atoms with E-state index in [-0.39, 0.29) is 5.91 Å². The zero-order chi connectivity index (χ0) is 14.5. The lowest BCUT2D eigenvalue weighted by Crippen LogP contribution is -2.30. The molecular formula is C14H17Br3N2O. The molecule has 0 aromatic heterocycles. The minimum absolute atomic E-state index is 0.0688. The quantitative estimate of drug-likeness (QED) is 0.673. The van der Waals surface area contributed by atoms with E-state index in [0.29, 0.717) is 12.3 Å². The number of piperidine rings is 1. The van der Waals surface area contributed by atoms with Crippen LogP contribution in [0.2, 0.25) is 0 Å². The Bertz CT molecular complexity index is 464. The lowest BCUT2D eigenvalue weighted by molar-refractivity contribution is -0.116. The van der Waals surface area contributed by atoms with E-state index in [1.54, 1.807) is 0 Å². The first-order chi connectivity index (χ1) is 9.56. The molecule has 6 heteroatoms. The van der Waals surface area contributed by atoms with Crippen molar-refractivity contribution in [2.24, 2.45) is 5.92 Å². The molecule has 1 heterocycles. The number of hydrogen-bond donors (Lipinski definition) is 2. The SMILES string of the molecule is O=C(CCC1CCCNC1)Nc1c(Br)cc(Br)cc1Br. The van der Waals surface area contributed by atoms with Gasteiger partial charge in [0, 0.05) is 19.8 Å². The molecule has 1 aliphatic heterocycles. The van der Waals surface area contributed by atoms with Gasteiger partial charge in [-0.2, -0.15) is 0 Å². The Hall–Kier alpha value is 0.0900. The highest BCUT2D eigenvalue weighted by Gasteiger charge is 2.16. The summed E-state index contributed by atoms with van der Waals surface area (Å²) in [6, 6.07) is 3.84. The van der Waals surface area contributed by atoms with Gasteiger partial charge in [0.05, 0.1) is 5.69 Å². The molecule has 0 radical (unpaired) electrons. The van der Waals surface area contributed by atoms with Crippen molar-refractivity contribution < 1.29 is 4.79 Å². The maximum atomic E-state index is 12.1. The summed E-state index contributed by atoms with van der Waals surface area (Å²) in [5.41, 5.74) is 0.792. The lowest BCUT2D eigenvalue weighted by Gasteiger charge is -2.22. The smallest absolute Gasteiger partial charge is 0.224 e. The Morgan fingerprint density at radius 1 is 1.30 bits per heavy atom. The number of rotatable bonds is 4. The van der Waals surface area contributed by atoms with Gasteiger partial charge >= 0.3 is 0 Å². The molecular weight excluding hydrogens is 452 g/mol. The molecule has 1 aromatic rings. The molecule has 0 spiro atoms. The number of amides is 1. The zero-order valence-corrected chi connectivity index (χ0v) is 15.8. The third-order valence-corrected chi connectivity index (χ3v) is 5.16. The molecule has 110 valence electrons. The van der Waals surface area contributed by atoms with E-state index < -0.39 is 0 Å². The van der Waals surface area contributed by atoms with Crippen molar-refractivity contribution >= 4 is 59.4 Å². The maximum absolute atomic E-state index is 12.1. The van der Waals surface area contributed by atoms with Gasteiger partial charge in [-0.05, 0) is 82.3 Å². The highest BCUT2D eigenvalue weighted by atomic mass is 79.9. The third-order valence-electron chi connectivity index (χ3n) is 3.45. The molecule has 2 N–H and O–H groups in total. The summed E-state index contributed by atoms with van der Waals surface area (Å²) in [5.74, 6) is 0.700. The Labute approximate surface area is 144 Å². The van der Waals surface area contributed by atoms with Crippen LogP contribution in [-0.4, -0.2) is 19.0 Å². The summed E-state index contributed by atoms with van der Waals surface area (Å²) < 4.78 is 2.69. The van der Waals surface area contributed by atoms with Crippen LogP contribution in [0.4, 0.5) is 5.69 Å². The van der Waals surface area contributed by atoms with Crippen LogP contribution < -0.4 is 10.6 Å². The van der Waals surface area contributed by atoms with Gasteiger partial charge in [0.1, 0.15) is 0 Å². The summed E-state index contributed by atoms with van der Waals surface area (Å²) in [7, 11) is 0. The van der Waals surface area contributed by atoms with E-state index in [0.717, 1.165) is 38.6 Å². The first-order valence-corrected chi connectivity index (χ1v) is 9.09. The summed E-state index contributed by atoms with van der Waals surface area (Å²) >= 11 is 10.4. The fourth-order valence-electron chi connectivity index (χ4n) is 2.37. The van der Waals surface area contributed by atoms with Crippen molar-refractivity contribution in [2.75, 3.05) is 18.4 Å². The molecule has 0 aliphatic carbocycles. The average Bonchev–Trinajstić information content (AvgIpc) is 2.42. The summed E-state index contributed by atoms with van der Waals surface area (Å²) in [4.78, 5) is 12.1. The Morgan fingerprint density at radius 3 is 2.60 bits per heavy atom. The van der Waals surface area contributed by atoms with Gasteiger partial charge in [-0.25, -0.2) is 0 Å². The normalized spacial score (nSPS) is 18.9. The fourth-order valence-corrected chi connectivity index (χ4v) is 4.83. The second-order valence-electron chi connectivity index (χ2n) is 5.04. The van der Waals surface area contributed by atoms with Crippen molar-refractivity contribution in [1.29, 1.82) is 0 Å². The minimum Gasteiger partial charge on any atom is -0.324 e. The van der Waals surface area contributed by atoms with Gasteiger partial charge in [0.2, 0.25) is 5.91 Å². The van der Waals surface area contributed by atoms with E-state index in [1.165, 1.54) is 12.8 Å². The predicted octanol–water partition coefficient (Wildman–Crippen LogP) is 4.69. The summed E-state index contributed by atoms with van der Waals surface area (Å²) in [6.45, 7) is 2.15. The Kier molecular flexibility index (Phi) is 6.52. The van der Waals surface area contributed by atoms with E-state index in [1.807, 2.05) is 12.1 Å². The van der Waals surface area contributed by atoms with Crippen molar-refractivity contribution in [3.63, 3.8) is 0 Å². The second kappa shape index (κ2) is 7.92. The Balaban J connectivity index is 1.88. The lowest BCUT2D eigenvalue weighted by atomic mass is 9.94. The van der Waals surface area contributed by atoms with E-state index in [2.05, 4.69) is 58.4 Å². The first-order valence-electron chi connectivity index (χ1n) is 6.71. The number of carbonyl (C=O) groups is 1. The van der Waals surface area contributed by atoms with Gasteiger partial charge < -0.3 is 10.6 Å². The number of anilines is 1. The summed E-state index contributed by atoms with van der Waals surface area (Å²) in [5, 5.41) is 6.35. The van der Waals surface area contributed by atoms with Crippen molar-refractivity contribution in [3.05, 3.63) is 25.6 Å². The topological polar surface area (TPSA) is 41.1 Å². The molecule has 20 heavy (non-hydrogen) atoms. The van der Waals surface area contributed by atoms with Crippen LogP contribution in [0.1, 0.15) is 25.7 Å². The second-order valence-corrected chi connectivity index (χ2v) is 7.67. The molecule has 0 bridgehead atoms. The van der Waals surface area contributed by atoms with Crippen LogP contribution in [-0.2, 0) is 4.79 Å². The summed E-state index contributed by atoms with van der Waals surface area (Å²) in [6.07, 6.45) is 3.97. The van der Waals surface area contributed by atoms with Crippen molar-refractivity contribution in [1.82, 2.24) is 5.32 Å². The molecule has 0 saturated carbocycles. The molecule has 1 saturated heterocycles. The zero-order valence-electron chi connectivity index (χ0n) is 11.0. The first kappa shape index (κ1) is 16.5. The Morgan fingerprint density at radius 2 is 2.00 bits per heavy atom. The number of halogens is 3. The highest BCUT2D eigenvalue weighted by molar-refractivity contribution is 9.11. The maximum Gasteiger partial charge on any atom is 0.224 e. The highest BCUT2D eigenvalue weighted by Crippen LogP contribution is 2.34. The van der Waals surface area contributed by atoms with Crippen LogP contribution in [0.15, 0.2) is 25.6 Å². The molecule has 3 nitrogen and oxygen atoms in total. The fraction of sp³-hybridized carbons (Fsp3) is 0.500. The number of benzene rings is 1. The largest absolute Gasteiger partial charge is 0.324 e. The predicted molar refractivity (Wildman–Crippen MR) is 93.0 cm³/mol. The van der Waals surface area contributed by atoms with Gasteiger partial charge in [0.25, 0.3) is 0 Å². The van der Waals surface area contributed by atoms with Crippen LogP contribution in [0.5, 0.6) is 0 Å². The number of nitrogens with one attached hydrogen (secondary N) is 2. The van der Waals surface area contributed by atoms with Crippen molar-refractivity contribution in [3.8, 4) is 0 Å². The third kappa shape index (κ3) is 4.83. The molecule has 1 atom stereocenters. The molecule has 2 rings (SSSR count). The van der Waals surface area contributed by atoms with Crippen LogP contribution in [0.25, 0.3) is 0 Å². The molecule has 1 aromatic carbocycles. The van der Waals surface area contributed by atoms with Gasteiger partial charge in [-0.15, -0.1) is 0 Å². The monoisotopic (exact) mass is 466 g/mol. The average molecular weight is 469 g/mol. The van der Waals surface area contributed by atoms with Crippen LogP contribution in [0, 0.1) is 5.92 Å². The van der Waals surface area contributed by atoms with Gasteiger partial charge in [-0.1, -0.05) is 15.9 Å². The molecule has 1 aliphatic rings. The van der Waals surface area contributed by atoms with Gasteiger partial charge in [0.15, 0.2) is 0 Å². The van der Waals surface area contributed by atoms with E-state index in [9.17, 15) is 4.79 Å². The molecule has 1 unspecified atom stereocenters. The number of carbonyl (C=O) groups excluding carboxylic acids is 1. The van der Waals surface area contributed by atoms with E-state index >= 15 is 0 Å². The van der Waals surface area contributed by atoms with Crippen LogP contribution >= 0.6 is 47.8 Å². The molecule has 1 amide bonds. The minimum atomic E-state index is 0.0688. The molecule has 1 fully saturated rings. The van der Waals surface area contributed by atoms with Crippen molar-refractivity contribution in [2.45, 2.75) is 25.7 Å². The van der Waals surface area contributed by atoms with Gasteiger partial charge in [-0.3, -0.25) is 4.79 Å². The standard InChI is InChI=1S/C14H17Br3N2O/c15-10-6-11(16)14(12(17)7-10)19-13(20)4-3-9-2-1-5-18-8-9/h6-7,9,18H,1-5,8H2,(H,19,20). The van der Waals surface area contributed by atoms with E-state index in [4.69, 9.17) is 0 Å². The number of hydrogen-bond acceptors (Lipinski definition) is 2. The van der Waals surface area contributed by atoms with Crippen LogP contribution in [0.3, 0.4) is 0 Å².